The lowest BCUT2D eigenvalue weighted by Crippen LogP contribution is -2.41. The van der Waals surface area contributed by atoms with E-state index in [1.165, 1.54) is 0 Å². The smallest absolute Gasteiger partial charge is 0.410 e. The average molecular weight is 643 g/mol. The summed E-state index contributed by atoms with van der Waals surface area (Å²) in [5.41, 5.74) is 2.59. The number of hydrogen-bond acceptors (Lipinski definition) is 9. The summed E-state index contributed by atoms with van der Waals surface area (Å²) in [6.45, 7) is 9.08. The van der Waals surface area contributed by atoms with Gasteiger partial charge in [0.25, 0.3) is 0 Å². The van der Waals surface area contributed by atoms with Crippen LogP contribution in [0.25, 0.3) is 11.3 Å². The van der Waals surface area contributed by atoms with Crippen LogP contribution < -0.4 is 14.2 Å². The van der Waals surface area contributed by atoms with E-state index >= 15 is 0 Å². The summed E-state index contributed by atoms with van der Waals surface area (Å²) in [6.07, 6.45) is 7.64. The van der Waals surface area contributed by atoms with Crippen molar-refractivity contribution in [2.75, 3.05) is 40.0 Å². The number of hydrogen-bond donors (Lipinski definition) is 0. The minimum absolute atomic E-state index is 0.0568. The van der Waals surface area contributed by atoms with E-state index < -0.39 is 5.60 Å². The van der Waals surface area contributed by atoms with E-state index in [0.717, 1.165) is 68.4 Å². The van der Waals surface area contributed by atoms with Gasteiger partial charge in [-0.3, -0.25) is 0 Å². The Labute approximate surface area is 278 Å². The lowest BCUT2D eigenvalue weighted by molar-refractivity contribution is 0.0179. The minimum Gasteiger partial charge on any atom is -0.493 e. The van der Waals surface area contributed by atoms with Crippen molar-refractivity contribution in [1.82, 2.24) is 14.9 Å². The van der Waals surface area contributed by atoms with Gasteiger partial charge in [0, 0.05) is 44.1 Å². The predicted molar refractivity (Wildman–Crippen MR) is 178 cm³/mol. The van der Waals surface area contributed by atoms with E-state index in [0.29, 0.717) is 60.8 Å². The Hall–Kier alpha value is -4.36. The first-order valence-corrected chi connectivity index (χ1v) is 16.6. The van der Waals surface area contributed by atoms with Crippen LogP contribution in [0.3, 0.4) is 0 Å². The average Bonchev–Trinajstić information content (AvgIpc) is 3.07. The molecule has 0 spiro atoms. The van der Waals surface area contributed by atoms with Crippen LogP contribution in [0.15, 0.2) is 48.7 Å². The molecule has 2 fully saturated rings. The highest BCUT2D eigenvalue weighted by Gasteiger charge is 2.26. The molecule has 2 saturated heterocycles. The molecule has 10 nitrogen and oxygen atoms in total. The summed E-state index contributed by atoms with van der Waals surface area (Å²) in [7, 11) is 1.64. The summed E-state index contributed by atoms with van der Waals surface area (Å²) < 4.78 is 28.8. The second kappa shape index (κ2) is 16.0. The number of likely N-dealkylation sites (tertiary alicyclic amines) is 1. The van der Waals surface area contributed by atoms with Gasteiger partial charge < -0.3 is 28.6 Å². The highest BCUT2D eigenvalue weighted by atomic mass is 16.6. The van der Waals surface area contributed by atoms with Crippen LogP contribution in [0.4, 0.5) is 4.79 Å². The van der Waals surface area contributed by atoms with Crippen LogP contribution >= 0.6 is 0 Å². The Bertz CT molecular complexity index is 1530. The third-order valence-corrected chi connectivity index (χ3v) is 8.43. The zero-order valence-electron chi connectivity index (χ0n) is 28.0. The van der Waals surface area contributed by atoms with E-state index in [4.69, 9.17) is 28.7 Å². The number of methoxy groups -OCH3 is 1. The molecule has 5 rings (SSSR count). The van der Waals surface area contributed by atoms with Crippen LogP contribution in [-0.2, 0) is 15.9 Å². The van der Waals surface area contributed by atoms with Crippen LogP contribution in [0, 0.1) is 17.2 Å². The lowest BCUT2D eigenvalue weighted by atomic mass is 9.92. The minimum atomic E-state index is -0.475. The van der Waals surface area contributed by atoms with Gasteiger partial charge in [-0.2, -0.15) is 5.26 Å². The fraction of sp³-hybridized carbons (Fsp3) is 0.514. The molecule has 10 heteroatoms. The standard InChI is InChI=1S/C37H46N4O6/c1-37(2,3)47-36(42)41-17-12-26(13-18-41)6-5-19-45-34-22-27(7-9-33(34)43-4)23-35-39-16-11-31(40-35)28-8-10-32(29(24-28)25-38)46-30-14-20-44-21-15-30/h7-11,16,22,24,26,30H,5-6,12-15,17-21,23H2,1-4H3. The SMILES string of the molecule is COc1ccc(Cc2nccc(-c3ccc(OC4CCOCC4)c(C#N)c3)n2)cc1OCCCC1CCN(C(=O)OC(C)(C)C)CC1. The highest BCUT2D eigenvalue weighted by Crippen LogP contribution is 2.31. The normalized spacial score (nSPS) is 15.9. The zero-order chi connectivity index (χ0) is 33.2. The Morgan fingerprint density at radius 1 is 1.02 bits per heavy atom. The van der Waals surface area contributed by atoms with Crippen molar-refractivity contribution in [2.24, 2.45) is 5.92 Å². The largest absolute Gasteiger partial charge is 0.493 e. The molecule has 2 aliphatic heterocycles. The van der Waals surface area contributed by atoms with Crippen molar-refractivity contribution in [3.05, 3.63) is 65.6 Å². The van der Waals surface area contributed by atoms with E-state index in [1.54, 1.807) is 13.3 Å². The maximum absolute atomic E-state index is 12.4. The van der Waals surface area contributed by atoms with Crippen molar-refractivity contribution < 1.29 is 28.5 Å². The molecule has 1 aromatic heterocycles. The molecule has 0 aliphatic carbocycles. The van der Waals surface area contributed by atoms with Gasteiger partial charge >= 0.3 is 6.09 Å². The number of carbonyl (C=O) groups excluding carboxylic acids is 1. The third-order valence-electron chi connectivity index (χ3n) is 8.43. The molecule has 250 valence electrons. The van der Waals surface area contributed by atoms with Gasteiger partial charge in [0.1, 0.15) is 29.3 Å². The lowest BCUT2D eigenvalue weighted by Gasteiger charge is -2.33. The molecule has 47 heavy (non-hydrogen) atoms. The number of amides is 1. The summed E-state index contributed by atoms with van der Waals surface area (Å²) >= 11 is 0. The van der Waals surface area contributed by atoms with Crippen LogP contribution in [0.5, 0.6) is 17.2 Å². The van der Waals surface area contributed by atoms with Crippen molar-refractivity contribution in [3.63, 3.8) is 0 Å². The number of benzene rings is 2. The number of aromatic nitrogens is 2. The summed E-state index contributed by atoms with van der Waals surface area (Å²) in [5.74, 6) is 3.19. The molecule has 3 heterocycles. The molecular weight excluding hydrogens is 596 g/mol. The number of carbonyl (C=O) groups is 1. The molecule has 0 N–H and O–H groups in total. The maximum Gasteiger partial charge on any atom is 0.410 e. The van der Waals surface area contributed by atoms with Gasteiger partial charge in [-0.1, -0.05) is 6.07 Å². The second-order valence-corrected chi connectivity index (χ2v) is 13.2. The Morgan fingerprint density at radius 3 is 2.51 bits per heavy atom. The van der Waals surface area contributed by atoms with Gasteiger partial charge in [0.05, 0.1) is 38.2 Å². The van der Waals surface area contributed by atoms with E-state index in [2.05, 4.69) is 11.1 Å². The first-order valence-electron chi connectivity index (χ1n) is 16.6. The molecule has 0 atom stereocenters. The topological polar surface area (TPSA) is 116 Å². The van der Waals surface area contributed by atoms with Crippen molar-refractivity contribution in [1.29, 1.82) is 5.26 Å². The zero-order valence-corrected chi connectivity index (χ0v) is 28.0. The molecular formula is C37H46N4O6. The molecule has 0 unspecified atom stereocenters. The molecule has 3 aromatic rings. The van der Waals surface area contributed by atoms with Gasteiger partial charge in [-0.05, 0) is 94.3 Å². The number of rotatable bonds is 11. The molecule has 0 saturated carbocycles. The summed E-state index contributed by atoms with van der Waals surface area (Å²) in [6, 6.07) is 15.6. The first-order chi connectivity index (χ1) is 22.7. The molecule has 2 aromatic carbocycles. The Balaban J connectivity index is 1.15. The fourth-order valence-corrected chi connectivity index (χ4v) is 5.91. The van der Waals surface area contributed by atoms with Gasteiger partial charge in [-0.25, -0.2) is 14.8 Å². The third kappa shape index (κ3) is 9.82. The summed E-state index contributed by atoms with van der Waals surface area (Å²) in [4.78, 5) is 23.5. The summed E-state index contributed by atoms with van der Waals surface area (Å²) in [5, 5.41) is 9.81. The van der Waals surface area contributed by atoms with Gasteiger partial charge in [-0.15, -0.1) is 0 Å². The van der Waals surface area contributed by atoms with Crippen molar-refractivity contribution in [3.8, 4) is 34.6 Å². The van der Waals surface area contributed by atoms with Gasteiger partial charge in [0.2, 0.25) is 0 Å². The Morgan fingerprint density at radius 2 is 1.79 bits per heavy atom. The predicted octanol–water partition coefficient (Wildman–Crippen LogP) is 6.98. The Kier molecular flexibility index (Phi) is 11.5. The molecule has 1 amide bonds. The van der Waals surface area contributed by atoms with Crippen LogP contribution in [0.1, 0.15) is 76.2 Å². The second-order valence-electron chi connectivity index (χ2n) is 13.2. The first kappa shape index (κ1) is 34.0. The number of ether oxygens (including phenoxy) is 5. The van der Waals surface area contributed by atoms with Crippen molar-refractivity contribution >= 4 is 6.09 Å². The van der Waals surface area contributed by atoms with E-state index in [9.17, 15) is 10.1 Å². The number of nitriles is 1. The van der Waals surface area contributed by atoms with E-state index in [-0.39, 0.29) is 12.2 Å². The molecule has 0 radical (unpaired) electrons. The van der Waals surface area contributed by atoms with Crippen LogP contribution in [-0.4, -0.2) is 72.7 Å². The van der Waals surface area contributed by atoms with Crippen molar-refractivity contribution in [2.45, 2.75) is 77.4 Å². The van der Waals surface area contributed by atoms with E-state index in [1.807, 2.05) is 68.1 Å². The quantitative estimate of drug-likeness (QED) is 0.204. The highest BCUT2D eigenvalue weighted by molar-refractivity contribution is 5.68. The van der Waals surface area contributed by atoms with Gasteiger partial charge in [0.15, 0.2) is 11.5 Å². The fourth-order valence-electron chi connectivity index (χ4n) is 5.91. The number of piperidine rings is 1. The monoisotopic (exact) mass is 642 g/mol. The van der Waals surface area contributed by atoms with Crippen LogP contribution in [0.2, 0.25) is 0 Å². The number of nitrogens with zero attached hydrogens (tertiary/aromatic N) is 4. The maximum atomic E-state index is 12.4. The molecule has 2 aliphatic rings. The molecule has 0 bridgehead atoms.